The number of hydrogen-bond donors (Lipinski definition) is 0. The summed E-state index contributed by atoms with van der Waals surface area (Å²) in [7, 11) is -3.16. The molecule has 3 rings (SSSR count). The highest BCUT2D eigenvalue weighted by Gasteiger charge is 2.53. The summed E-state index contributed by atoms with van der Waals surface area (Å²) in [4.78, 5) is 2.71. The van der Waals surface area contributed by atoms with Gasteiger partial charge < -0.3 is 4.90 Å². The van der Waals surface area contributed by atoms with E-state index in [0.717, 1.165) is 19.0 Å². The lowest BCUT2D eigenvalue weighted by Gasteiger charge is -2.44. The normalized spacial score (nSPS) is 28.8. The summed E-state index contributed by atoms with van der Waals surface area (Å²) < 4.78 is 27.7. The van der Waals surface area contributed by atoms with Gasteiger partial charge in [0, 0.05) is 18.1 Å². The van der Waals surface area contributed by atoms with Gasteiger partial charge in [-0.1, -0.05) is 33.1 Å². The van der Waals surface area contributed by atoms with E-state index in [4.69, 9.17) is 0 Å². The molecule has 0 N–H and O–H groups in total. The second kappa shape index (κ2) is 7.12. The van der Waals surface area contributed by atoms with Crippen LogP contribution in [0.25, 0.3) is 0 Å². The summed E-state index contributed by atoms with van der Waals surface area (Å²) in [5.41, 5.74) is -0.0283. The van der Waals surface area contributed by atoms with Gasteiger partial charge in [-0.3, -0.25) is 0 Å². The molecule has 2 heterocycles. The third-order valence-corrected chi connectivity index (χ3v) is 9.17. The molecule has 0 aromatic carbocycles. The SMILES string of the molecule is CC(C)CS(=O)(=O)N1CC2(CCN(C3CCCCC3)CC2)CC1(C)C. The van der Waals surface area contributed by atoms with E-state index in [1.807, 2.05) is 18.2 Å². The monoisotopic (exact) mass is 370 g/mol. The number of sulfonamides is 1. The zero-order chi connectivity index (χ0) is 18.3. The molecule has 0 aromatic rings. The van der Waals surface area contributed by atoms with Crippen molar-refractivity contribution in [2.45, 2.75) is 90.6 Å². The zero-order valence-electron chi connectivity index (χ0n) is 16.8. The molecular weight excluding hydrogens is 332 g/mol. The molecule has 5 heteroatoms. The van der Waals surface area contributed by atoms with Crippen LogP contribution in [0, 0.1) is 11.3 Å². The molecule has 25 heavy (non-hydrogen) atoms. The maximum Gasteiger partial charge on any atom is 0.214 e. The fourth-order valence-corrected chi connectivity index (χ4v) is 8.02. The van der Waals surface area contributed by atoms with E-state index >= 15 is 0 Å². The van der Waals surface area contributed by atoms with Gasteiger partial charge >= 0.3 is 0 Å². The van der Waals surface area contributed by atoms with Crippen LogP contribution in [0.3, 0.4) is 0 Å². The minimum atomic E-state index is -3.16. The average molecular weight is 371 g/mol. The van der Waals surface area contributed by atoms with Crippen molar-refractivity contribution in [2.75, 3.05) is 25.4 Å². The van der Waals surface area contributed by atoms with Crippen molar-refractivity contribution in [2.24, 2.45) is 11.3 Å². The first-order valence-corrected chi connectivity index (χ1v) is 12.0. The molecule has 0 unspecified atom stereocenters. The lowest BCUT2D eigenvalue weighted by atomic mass is 9.74. The van der Waals surface area contributed by atoms with Gasteiger partial charge in [0.25, 0.3) is 0 Å². The maximum absolute atomic E-state index is 12.9. The topological polar surface area (TPSA) is 40.6 Å². The Bertz CT molecular complexity index is 556. The summed E-state index contributed by atoms with van der Waals surface area (Å²) in [6, 6.07) is 0.793. The maximum atomic E-state index is 12.9. The molecule has 0 bridgehead atoms. The number of nitrogens with zero attached hydrogens (tertiary/aromatic N) is 2. The van der Waals surface area contributed by atoms with E-state index in [1.165, 1.54) is 58.0 Å². The molecule has 3 fully saturated rings. The van der Waals surface area contributed by atoms with Gasteiger partial charge in [0.2, 0.25) is 10.0 Å². The zero-order valence-corrected chi connectivity index (χ0v) is 17.6. The molecular formula is C20H38N2O2S. The van der Waals surface area contributed by atoms with Crippen LogP contribution in [-0.2, 0) is 10.0 Å². The predicted octanol–water partition coefficient (Wildman–Crippen LogP) is 3.87. The largest absolute Gasteiger partial charge is 0.300 e. The fraction of sp³-hybridized carbons (Fsp3) is 1.00. The first kappa shape index (κ1) is 19.6. The highest BCUT2D eigenvalue weighted by Crippen LogP contribution is 2.49. The second-order valence-electron chi connectivity index (χ2n) is 10.00. The van der Waals surface area contributed by atoms with Gasteiger partial charge in [0.1, 0.15) is 0 Å². The second-order valence-corrected chi connectivity index (χ2v) is 11.9. The molecule has 3 aliphatic rings. The van der Waals surface area contributed by atoms with Crippen LogP contribution in [0.2, 0.25) is 0 Å². The van der Waals surface area contributed by atoms with Gasteiger partial charge in [-0.25, -0.2) is 8.42 Å². The van der Waals surface area contributed by atoms with Gasteiger partial charge in [0.15, 0.2) is 0 Å². The van der Waals surface area contributed by atoms with Crippen molar-refractivity contribution in [3.63, 3.8) is 0 Å². The molecule has 2 aliphatic heterocycles. The van der Waals surface area contributed by atoms with Crippen molar-refractivity contribution in [1.82, 2.24) is 9.21 Å². The van der Waals surface area contributed by atoms with Gasteiger partial charge in [-0.05, 0) is 70.4 Å². The van der Waals surface area contributed by atoms with E-state index in [0.29, 0.717) is 0 Å². The van der Waals surface area contributed by atoms with Gasteiger partial charge in [-0.15, -0.1) is 0 Å². The smallest absolute Gasteiger partial charge is 0.214 e. The number of piperidine rings is 1. The fourth-order valence-electron chi connectivity index (χ4n) is 5.71. The van der Waals surface area contributed by atoms with Crippen LogP contribution >= 0.6 is 0 Å². The van der Waals surface area contributed by atoms with Crippen molar-refractivity contribution in [1.29, 1.82) is 0 Å². The molecule has 146 valence electrons. The number of likely N-dealkylation sites (tertiary alicyclic amines) is 1. The minimum Gasteiger partial charge on any atom is -0.300 e. The Hall–Kier alpha value is -0.130. The van der Waals surface area contributed by atoms with Crippen LogP contribution in [0.5, 0.6) is 0 Å². The van der Waals surface area contributed by atoms with Crippen molar-refractivity contribution < 1.29 is 8.42 Å². The number of rotatable bonds is 4. The van der Waals surface area contributed by atoms with Crippen LogP contribution in [0.1, 0.15) is 79.1 Å². The Kier molecular flexibility index (Phi) is 5.59. The van der Waals surface area contributed by atoms with E-state index in [-0.39, 0.29) is 22.6 Å². The molecule has 0 amide bonds. The molecule has 1 spiro atoms. The summed E-state index contributed by atoms with van der Waals surface area (Å²) in [6.07, 6.45) is 10.3. The Morgan fingerprint density at radius 2 is 1.64 bits per heavy atom. The first-order chi connectivity index (χ1) is 11.6. The van der Waals surface area contributed by atoms with Crippen molar-refractivity contribution in [3.8, 4) is 0 Å². The minimum absolute atomic E-state index is 0.186. The van der Waals surface area contributed by atoms with Crippen LogP contribution in [0.4, 0.5) is 0 Å². The van der Waals surface area contributed by atoms with E-state index in [9.17, 15) is 8.42 Å². The first-order valence-electron chi connectivity index (χ1n) is 10.4. The van der Waals surface area contributed by atoms with Crippen molar-refractivity contribution >= 4 is 10.0 Å². The predicted molar refractivity (Wildman–Crippen MR) is 104 cm³/mol. The third kappa shape index (κ3) is 4.24. The van der Waals surface area contributed by atoms with E-state index in [2.05, 4.69) is 18.7 Å². The Morgan fingerprint density at radius 1 is 1.04 bits per heavy atom. The summed E-state index contributed by atoms with van der Waals surface area (Å²) >= 11 is 0. The lowest BCUT2D eigenvalue weighted by molar-refractivity contribution is 0.0640. The quantitative estimate of drug-likeness (QED) is 0.754. The molecule has 2 saturated heterocycles. The third-order valence-electron chi connectivity index (χ3n) is 6.79. The Balaban J connectivity index is 1.66. The standard InChI is InChI=1S/C20H38N2O2S/c1-17(2)14-25(23,24)22-16-20(15-19(22,3)4)10-12-21(13-11-20)18-8-6-5-7-9-18/h17-18H,5-16H2,1-4H3. The summed E-state index contributed by atoms with van der Waals surface area (Å²) in [5.74, 6) is 0.464. The molecule has 0 aromatic heterocycles. The molecule has 0 atom stereocenters. The Labute approximate surface area is 155 Å². The van der Waals surface area contributed by atoms with Crippen LogP contribution in [0.15, 0.2) is 0 Å². The number of hydrogen-bond acceptors (Lipinski definition) is 3. The van der Waals surface area contributed by atoms with Crippen LogP contribution in [-0.4, -0.2) is 54.6 Å². The van der Waals surface area contributed by atoms with Crippen molar-refractivity contribution in [3.05, 3.63) is 0 Å². The molecule has 4 nitrogen and oxygen atoms in total. The summed E-state index contributed by atoms with van der Waals surface area (Å²) in [5, 5.41) is 0. The lowest BCUT2D eigenvalue weighted by Crippen LogP contribution is -2.47. The van der Waals surface area contributed by atoms with E-state index < -0.39 is 10.0 Å². The van der Waals surface area contributed by atoms with E-state index in [1.54, 1.807) is 0 Å². The summed E-state index contributed by atoms with van der Waals surface area (Å²) in [6.45, 7) is 11.3. The molecule has 0 radical (unpaired) electrons. The van der Waals surface area contributed by atoms with Crippen LogP contribution < -0.4 is 0 Å². The Morgan fingerprint density at radius 3 is 2.20 bits per heavy atom. The average Bonchev–Trinajstić information content (AvgIpc) is 2.79. The highest BCUT2D eigenvalue weighted by atomic mass is 32.2. The highest BCUT2D eigenvalue weighted by molar-refractivity contribution is 7.89. The van der Waals surface area contributed by atoms with Gasteiger partial charge in [0.05, 0.1) is 5.75 Å². The molecule has 1 saturated carbocycles. The molecule has 1 aliphatic carbocycles. The van der Waals surface area contributed by atoms with Gasteiger partial charge in [-0.2, -0.15) is 4.31 Å².